The van der Waals surface area contributed by atoms with Gasteiger partial charge in [0.15, 0.2) is 11.5 Å². The second kappa shape index (κ2) is 8.17. The summed E-state index contributed by atoms with van der Waals surface area (Å²) in [6, 6.07) is 5.34. The number of piperidine rings is 1. The largest absolute Gasteiger partial charge is 0.454 e. The first kappa shape index (κ1) is 18.1. The van der Waals surface area contributed by atoms with Gasteiger partial charge < -0.3 is 19.3 Å². The predicted octanol–water partition coefficient (Wildman–Crippen LogP) is 1.58. The van der Waals surface area contributed by atoms with E-state index in [9.17, 15) is 9.59 Å². The maximum Gasteiger partial charge on any atom is 0.254 e. The fourth-order valence-electron chi connectivity index (χ4n) is 3.94. The van der Waals surface area contributed by atoms with E-state index in [4.69, 9.17) is 9.47 Å². The van der Waals surface area contributed by atoms with E-state index in [0.717, 1.165) is 45.6 Å². The Morgan fingerprint density at radius 3 is 2.37 bits per heavy atom. The summed E-state index contributed by atoms with van der Waals surface area (Å²) >= 11 is 0. The Kier molecular flexibility index (Phi) is 5.48. The van der Waals surface area contributed by atoms with Gasteiger partial charge in [0, 0.05) is 57.8 Å². The highest BCUT2D eigenvalue weighted by atomic mass is 16.7. The SMILES string of the molecule is O=C(CCN1CCN(C(=O)c2ccc3c(c2)OCO3)CC1)N1CCCCC1. The quantitative estimate of drug-likeness (QED) is 0.802. The van der Waals surface area contributed by atoms with Crippen LogP contribution in [0.25, 0.3) is 0 Å². The van der Waals surface area contributed by atoms with Crippen LogP contribution in [0.4, 0.5) is 0 Å². The van der Waals surface area contributed by atoms with Crippen LogP contribution in [0, 0.1) is 0 Å². The highest BCUT2D eigenvalue weighted by molar-refractivity contribution is 5.95. The first-order valence-corrected chi connectivity index (χ1v) is 9.90. The maximum absolute atomic E-state index is 12.7. The fraction of sp³-hybridized carbons (Fsp3) is 0.600. The highest BCUT2D eigenvalue weighted by Crippen LogP contribution is 2.32. The number of rotatable bonds is 4. The van der Waals surface area contributed by atoms with Gasteiger partial charge in [-0.25, -0.2) is 0 Å². The zero-order chi connectivity index (χ0) is 18.6. The van der Waals surface area contributed by atoms with Crippen molar-refractivity contribution >= 4 is 11.8 Å². The lowest BCUT2D eigenvalue weighted by atomic mass is 10.1. The zero-order valence-corrected chi connectivity index (χ0v) is 15.7. The van der Waals surface area contributed by atoms with Crippen molar-refractivity contribution in [1.82, 2.24) is 14.7 Å². The van der Waals surface area contributed by atoms with Crippen LogP contribution in [0.15, 0.2) is 18.2 Å². The average Bonchev–Trinajstić information content (AvgIpc) is 3.20. The molecule has 0 bridgehead atoms. The Labute approximate surface area is 159 Å². The molecule has 0 aromatic heterocycles. The molecular formula is C20H27N3O4. The van der Waals surface area contributed by atoms with E-state index in [-0.39, 0.29) is 18.6 Å². The van der Waals surface area contributed by atoms with Crippen molar-refractivity contribution in [1.29, 1.82) is 0 Å². The fourth-order valence-corrected chi connectivity index (χ4v) is 3.94. The molecule has 3 aliphatic rings. The highest BCUT2D eigenvalue weighted by Gasteiger charge is 2.25. The number of benzene rings is 1. The van der Waals surface area contributed by atoms with Gasteiger partial charge in [0.25, 0.3) is 5.91 Å². The van der Waals surface area contributed by atoms with Crippen molar-refractivity contribution in [2.75, 3.05) is 52.6 Å². The number of carbonyl (C=O) groups excluding carboxylic acids is 2. The minimum atomic E-state index is 0.0253. The Morgan fingerprint density at radius 2 is 1.59 bits per heavy atom. The molecular weight excluding hydrogens is 346 g/mol. The summed E-state index contributed by atoms with van der Waals surface area (Å²) in [5.74, 6) is 1.62. The number of hydrogen-bond donors (Lipinski definition) is 0. The minimum Gasteiger partial charge on any atom is -0.454 e. The molecule has 7 heteroatoms. The van der Waals surface area contributed by atoms with Crippen LogP contribution in [-0.2, 0) is 4.79 Å². The van der Waals surface area contributed by atoms with E-state index in [0.29, 0.717) is 36.6 Å². The molecule has 0 atom stereocenters. The predicted molar refractivity (Wildman–Crippen MR) is 100.0 cm³/mol. The standard InChI is InChI=1S/C20H27N3O4/c24-19(22-7-2-1-3-8-22)6-9-21-10-12-23(13-11-21)20(25)16-4-5-17-18(14-16)27-15-26-17/h4-5,14H,1-3,6-13,15H2. The maximum atomic E-state index is 12.7. The summed E-state index contributed by atoms with van der Waals surface area (Å²) in [5, 5.41) is 0. The Bertz CT molecular complexity index is 694. The second-order valence-electron chi connectivity index (χ2n) is 7.39. The van der Waals surface area contributed by atoms with E-state index >= 15 is 0 Å². The number of nitrogens with zero attached hydrogens (tertiary/aromatic N) is 3. The van der Waals surface area contributed by atoms with E-state index < -0.39 is 0 Å². The van der Waals surface area contributed by atoms with Gasteiger partial charge >= 0.3 is 0 Å². The molecule has 146 valence electrons. The lowest BCUT2D eigenvalue weighted by molar-refractivity contribution is -0.132. The molecule has 3 aliphatic heterocycles. The van der Waals surface area contributed by atoms with Crippen LogP contribution in [0.2, 0.25) is 0 Å². The zero-order valence-electron chi connectivity index (χ0n) is 15.7. The number of fused-ring (bicyclic) bond motifs is 1. The van der Waals surface area contributed by atoms with E-state index in [2.05, 4.69) is 4.90 Å². The van der Waals surface area contributed by atoms with E-state index in [1.165, 1.54) is 6.42 Å². The summed E-state index contributed by atoms with van der Waals surface area (Å²) in [6.45, 7) is 5.81. The van der Waals surface area contributed by atoms with E-state index in [1.807, 2.05) is 9.80 Å². The third-order valence-electron chi connectivity index (χ3n) is 5.63. The summed E-state index contributed by atoms with van der Waals surface area (Å²) in [4.78, 5) is 31.2. The molecule has 0 N–H and O–H groups in total. The molecule has 3 heterocycles. The number of ether oxygens (including phenoxy) is 2. The second-order valence-corrected chi connectivity index (χ2v) is 7.39. The van der Waals surface area contributed by atoms with Crippen LogP contribution in [-0.4, -0.2) is 79.1 Å². The summed E-state index contributed by atoms with van der Waals surface area (Å²) in [7, 11) is 0. The van der Waals surface area contributed by atoms with Gasteiger partial charge in [0.1, 0.15) is 0 Å². The smallest absolute Gasteiger partial charge is 0.254 e. The Hall–Kier alpha value is -2.28. The van der Waals surface area contributed by atoms with Crippen molar-refractivity contribution in [2.24, 2.45) is 0 Å². The van der Waals surface area contributed by atoms with Gasteiger partial charge in [0.2, 0.25) is 12.7 Å². The van der Waals surface area contributed by atoms with Crippen LogP contribution in [0.5, 0.6) is 11.5 Å². The van der Waals surface area contributed by atoms with Crippen molar-refractivity contribution in [3.63, 3.8) is 0 Å². The Morgan fingerprint density at radius 1 is 0.852 bits per heavy atom. The first-order valence-electron chi connectivity index (χ1n) is 9.90. The number of hydrogen-bond acceptors (Lipinski definition) is 5. The number of likely N-dealkylation sites (tertiary alicyclic amines) is 1. The van der Waals surface area contributed by atoms with Crippen LogP contribution in [0.3, 0.4) is 0 Å². The van der Waals surface area contributed by atoms with Gasteiger partial charge in [-0.3, -0.25) is 14.5 Å². The molecule has 27 heavy (non-hydrogen) atoms. The molecule has 4 rings (SSSR count). The summed E-state index contributed by atoms with van der Waals surface area (Å²) < 4.78 is 10.7. The molecule has 0 saturated carbocycles. The van der Waals surface area contributed by atoms with Crippen LogP contribution in [0.1, 0.15) is 36.0 Å². The molecule has 7 nitrogen and oxygen atoms in total. The Balaban J connectivity index is 1.24. The third kappa shape index (κ3) is 4.18. The number of carbonyl (C=O) groups is 2. The van der Waals surface area contributed by atoms with Gasteiger partial charge in [0.05, 0.1) is 0 Å². The molecule has 0 aliphatic carbocycles. The average molecular weight is 373 g/mol. The molecule has 1 aromatic rings. The van der Waals surface area contributed by atoms with Crippen molar-refractivity contribution in [2.45, 2.75) is 25.7 Å². The molecule has 0 unspecified atom stereocenters. The van der Waals surface area contributed by atoms with Crippen LogP contribution >= 0.6 is 0 Å². The van der Waals surface area contributed by atoms with Gasteiger partial charge in [-0.2, -0.15) is 0 Å². The number of amides is 2. The monoisotopic (exact) mass is 373 g/mol. The lowest BCUT2D eigenvalue weighted by Gasteiger charge is -2.35. The van der Waals surface area contributed by atoms with Gasteiger partial charge in [-0.1, -0.05) is 0 Å². The molecule has 2 amide bonds. The molecule has 2 fully saturated rings. The minimum absolute atomic E-state index is 0.0253. The molecule has 0 radical (unpaired) electrons. The number of piperazine rings is 1. The first-order chi connectivity index (χ1) is 13.2. The molecule has 1 aromatic carbocycles. The molecule has 0 spiro atoms. The van der Waals surface area contributed by atoms with Crippen molar-refractivity contribution in [3.8, 4) is 11.5 Å². The van der Waals surface area contributed by atoms with Gasteiger partial charge in [-0.15, -0.1) is 0 Å². The van der Waals surface area contributed by atoms with Crippen molar-refractivity contribution in [3.05, 3.63) is 23.8 Å². The van der Waals surface area contributed by atoms with Gasteiger partial charge in [-0.05, 0) is 37.5 Å². The topological polar surface area (TPSA) is 62.3 Å². The third-order valence-corrected chi connectivity index (χ3v) is 5.63. The van der Waals surface area contributed by atoms with Crippen LogP contribution < -0.4 is 9.47 Å². The van der Waals surface area contributed by atoms with E-state index in [1.54, 1.807) is 18.2 Å². The van der Waals surface area contributed by atoms with Crippen molar-refractivity contribution < 1.29 is 19.1 Å². The normalized spacial score (nSPS) is 20.0. The summed E-state index contributed by atoms with van der Waals surface area (Å²) in [6.07, 6.45) is 4.08. The molecule has 2 saturated heterocycles. The lowest BCUT2D eigenvalue weighted by Crippen LogP contribution is -2.49. The summed E-state index contributed by atoms with van der Waals surface area (Å²) in [5.41, 5.74) is 0.632.